The number of benzene rings is 1. The van der Waals surface area contributed by atoms with Crippen molar-refractivity contribution in [2.45, 2.75) is 33.4 Å². The molecule has 0 aliphatic heterocycles. The summed E-state index contributed by atoms with van der Waals surface area (Å²) >= 11 is 0. The van der Waals surface area contributed by atoms with E-state index in [1.807, 2.05) is 0 Å². The highest BCUT2D eigenvalue weighted by Gasteiger charge is 2.03. The molecule has 4 nitrogen and oxygen atoms in total. The first kappa shape index (κ1) is 11.8. The van der Waals surface area contributed by atoms with Crippen LogP contribution in [0, 0.1) is 6.92 Å². The molecule has 1 aromatic heterocycles. The zero-order valence-electron chi connectivity index (χ0n) is 10.5. The fourth-order valence-corrected chi connectivity index (χ4v) is 1.74. The zero-order valence-corrected chi connectivity index (χ0v) is 10.5. The van der Waals surface area contributed by atoms with Crippen LogP contribution >= 0.6 is 0 Å². The summed E-state index contributed by atoms with van der Waals surface area (Å²) in [4.78, 5) is 3.96. The van der Waals surface area contributed by atoms with Gasteiger partial charge in [-0.2, -0.15) is 5.10 Å². The molecular weight excluding hydrogens is 212 g/mol. The summed E-state index contributed by atoms with van der Waals surface area (Å²) in [6.07, 6.45) is 3.27. The molecule has 0 amide bonds. The monoisotopic (exact) mass is 230 g/mol. The van der Waals surface area contributed by atoms with E-state index in [0.29, 0.717) is 6.04 Å². The minimum Gasteiger partial charge on any atom is -0.310 e. The smallest absolute Gasteiger partial charge is 0.138 e. The van der Waals surface area contributed by atoms with Gasteiger partial charge in [-0.15, -0.1) is 0 Å². The first-order valence-electron chi connectivity index (χ1n) is 5.84. The van der Waals surface area contributed by atoms with Crippen molar-refractivity contribution in [3.8, 4) is 5.69 Å². The van der Waals surface area contributed by atoms with Gasteiger partial charge in [0.25, 0.3) is 0 Å². The fraction of sp³-hybridized carbons (Fsp3) is 0.385. The minimum absolute atomic E-state index is 0.505. The van der Waals surface area contributed by atoms with E-state index in [9.17, 15) is 0 Å². The van der Waals surface area contributed by atoms with Crippen molar-refractivity contribution in [3.63, 3.8) is 0 Å². The maximum absolute atomic E-state index is 4.14. The molecular formula is C13H18N4. The Morgan fingerprint density at radius 3 is 2.76 bits per heavy atom. The number of hydrogen-bond acceptors (Lipinski definition) is 3. The predicted octanol–water partition coefficient (Wildman–Crippen LogP) is 2.07. The molecule has 17 heavy (non-hydrogen) atoms. The first-order chi connectivity index (χ1) is 8.16. The van der Waals surface area contributed by atoms with Gasteiger partial charge in [-0.3, -0.25) is 0 Å². The Morgan fingerprint density at radius 2 is 2.18 bits per heavy atom. The Kier molecular flexibility index (Phi) is 3.54. The minimum atomic E-state index is 0.505. The van der Waals surface area contributed by atoms with Gasteiger partial charge in [-0.25, -0.2) is 9.67 Å². The molecule has 0 bridgehead atoms. The van der Waals surface area contributed by atoms with Gasteiger partial charge in [0.05, 0.1) is 5.69 Å². The lowest BCUT2D eigenvalue weighted by Crippen LogP contribution is -2.21. The summed E-state index contributed by atoms with van der Waals surface area (Å²) in [5, 5.41) is 7.55. The highest BCUT2D eigenvalue weighted by atomic mass is 15.3. The van der Waals surface area contributed by atoms with Gasteiger partial charge in [0.1, 0.15) is 12.7 Å². The normalized spacial score (nSPS) is 11.1. The average Bonchev–Trinajstić information content (AvgIpc) is 2.79. The van der Waals surface area contributed by atoms with Crippen LogP contribution in [0.1, 0.15) is 25.0 Å². The van der Waals surface area contributed by atoms with Gasteiger partial charge >= 0.3 is 0 Å². The molecule has 2 rings (SSSR count). The van der Waals surface area contributed by atoms with E-state index in [0.717, 1.165) is 12.2 Å². The lowest BCUT2D eigenvalue weighted by molar-refractivity contribution is 0.588. The Balaban J connectivity index is 2.17. The van der Waals surface area contributed by atoms with Crippen LogP contribution in [-0.2, 0) is 6.54 Å². The molecule has 0 radical (unpaired) electrons. The van der Waals surface area contributed by atoms with E-state index < -0.39 is 0 Å². The lowest BCUT2D eigenvalue weighted by Gasteiger charge is -2.11. The Morgan fingerprint density at radius 1 is 1.35 bits per heavy atom. The van der Waals surface area contributed by atoms with Crippen LogP contribution in [0.15, 0.2) is 30.9 Å². The molecule has 90 valence electrons. The number of rotatable bonds is 4. The Bertz CT molecular complexity index is 474. The number of nitrogens with one attached hydrogen (secondary N) is 1. The van der Waals surface area contributed by atoms with Crippen molar-refractivity contribution in [2.75, 3.05) is 0 Å². The van der Waals surface area contributed by atoms with Crippen molar-refractivity contribution < 1.29 is 0 Å². The maximum atomic E-state index is 4.14. The van der Waals surface area contributed by atoms with Crippen LogP contribution in [0.25, 0.3) is 5.69 Å². The number of nitrogens with zero attached hydrogens (tertiary/aromatic N) is 3. The Hall–Kier alpha value is -1.68. The molecule has 1 aromatic carbocycles. The van der Waals surface area contributed by atoms with Crippen LogP contribution < -0.4 is 5.32 Å². The summed E-state index contributed by atoms with van der Waals surface area (Å²) in [6, 6.07) is 6.90. The van der Waals surface area contributed by atoms with Crippen molar-refractivity contribution in [1.29, 1.82) is 0 Å². The number of hydrogen-bond donors (Lipinski definition) is 1. The molecule has 0 spiro atoms. The fourth-order valence-electron chi connectivity index (χ4n) is 1.74. The number of aryl methyl sites for hydroxylation is 1. The lowest BCUT2D eigenvalue weighted by atomic mass is 10.1. The van der Waals surface area contributed by atoms with E-state index in [1.165, 1.54) is 11.1 Å². The van der Waals surface area contributed by atoms with Crippen LogP contribution in [0.4, 0.5) is 0 Å². The second-order valence-corrected chi connectivity index (χ2v) is 4.50. The van der Waals surface area contributed by atoms with Gasteiger partial charge in [-0.05, 0) is 24.1 Å². The van der Waals surface area contributed by atoms with Gasteiger partial charge in [0, 0.05) is 12.6 Å². The molecule has 1 N–H and O–H groups in total. The molecule has 0 aliphatic carbocycles. The van der Waals surface area contributed by atoms with Crippen molar-refractivity contribution in [1.82, 2.24) is 20.1 Å². The van der Waals surface area contributed by atoms with Crippen LogP contribution in [0.2, 0.25) is 0 Å². The van der Waals surface area contributed by atoms with Crippen LogP contribution in [0.5, 0.6) is 0 Å². The largest absolute Gasteiger partial charge is 0.310 e. The van der Waals surface area contributed by atoms with Crippen molar-refractivity contribution in [2.24, 2.45) is 0 Å². The molecule has 0 fully saturated rings. The number of aromatic nitrogens is 3. The van der Waals surface area contributed by atoms with Crippen molar-refractivity contribution in [3.05, 3.63) is 42.0 Å². The van der Waals surface area contributed by atoms with Crippen LogP contribution in [-0.4, -0.2) is 20.8 Å². The van der Waals surface area contributed by atoms with E-state index in [4.69, 9.17) is 0 Å². The third-order valence-electron chi connectivity index (χ3n) is 2.64. The average molecular weight is 230 g/mol. The highest BCUT2D eigenvalue weighted by Crippen LogP contribution is 2.14. The summed E-state index contributed by atoms with van der Waals surface area (Å²) in [5.41, 5.74) is 3.58. The van der Waals surface area contributed by atoms with Crippen molar-refractivity contribution >= 4 is 0 Å². The summed E-state index contributed by atoms with van der Waals surface area (Å²) in [5.74, 6) is 0. The van der Waals surface area contributed by atoms with E-state index >= 15 is 0 Å². The molecule has 4 heteroatoms. The third-order valence-corrected chi connectivity index (χ3v) is 2.64. The summed E-state index contributed by atoms with van der Waals surface area (Å²) in [7, 11) is 0. The Labute approximate surface area is 102 Å². The molecule has 1 heterocycles. The van der Waals surface area contributed by atoms with Gasteiger partial charge in [0.2, 0.25) is 0 Å². The van der Waals surface area contributed by atoms with Gasteiger partial charge < -0.3 is 5.32 Å². The standard InChI is InChI=1S/C13H18N4/c1-10(2)15-7-12-4-5-13(11(3)6-12)17-9-14-8-16-17/h4-6,8-10,15H,7H2,1-3H3. The quantitative estimate of drug-likeness (QED) is 0.874. The van der Waals surface area contributed by atoms with Gasteiger partial charge in [0.15, 0.2) is 0 Å². The van der Waals surface area contributed by atoms with Crippen LogP contribution in [0.3, 0.4) is 0 Å². The molecule has 0 atom stereocenters. The third kappa shape index (κ3) is 2.91. The summed E-state index contributed by atoms with van der Waals surface area (Å²) < 4.78 is 1.79. The van der Waals surface area contributed by atoms with E-state index in [1.54, 1.807) is 17.3 Å². The summed E-state index contributed by atoms with van der Waals surface area (Å²) in [6.45, 7) is 7.29. The first-order valence-corrected chi connectivity index (χ1v) is 5.84. The topological polar surface area (TPSA) is 42.7 Å². The molecule has 0 saturated carbocycles. The molecule has 0 saturated heterocycles. The predicted molar refractivity (Wildman–Crippen MR) is 68.1 cm³/mol. The second-order valence-electron chi connectivity index (χ2n) is 4.50. The SMILES string of the molecule is Cc1cc(CNC(C)C)ccc1-n1cncn1. The maximum Gasteiger partial charge on any atom is 0.138 e. The highest BCUT2D eigenvalue weighted by molar-refractivity contribution is 5.41. The molecule has 2 aromatic rings. The zero-order chi connectivity index (χ0) is 12.3. The second kappa shape index (κ2) is 5.10. The molecule has 0 unspecified atom stereocenters. The van der Waals surface area contributed by atoms with Gasteiger partial charge in [-0.1, -0.05) is 26.0 Å². The van der Waals surface area contributed by atoms with E-state index in [2.05, 4.69) is 54.4 Å². The molecule has 0 aliphatic rings. The van der Waals surface area contributed by atoms with E-state index in [-0.39, 0.29) is 0 Å².